The molecule has 11 nitrogen and oxygen atoms in total. The number of carbonyl (C=O) groups is 5. The number of fused-ring (bicyclic) bond motifs is 4. The summed E-state index contributed by atoms with van der Waals surface area (Å²) in [6, 6.07) is 12.3. The maximum Gasteiger partial charge on any atom is 0.339 e. The summed E-state index contributed by atoms with van der Waals surface area (Å²) in [6.07, 6.45) is 1.42. The van der Waals surface area contributed by atoms with E-state index in [2.05, 4.69) is 0 Å². The highest BCUT2D eigenvalue weighted by atomic mass is 35.5. The first-order valence-corrected chi connectivity index (χ1v) is 15.5. The van der Waals surface area contributed by atoms with Gasteiger partial charge in [-0.1, -0.05) is 17.7 Å². The molecule has 48 heavy (non-hydrogen) atoms. The van der Waals surface area contributed by atoms with Crippen LogP contribution < -0.4 is 14.5 Å². The van der Waals surface area contributed by atoms with Gasteiger partial charge in [-0.25, -0.2) is 19.0 Å². The number of amides is 4. The van der Waals surface area contributed by atoms with Crippen LogP contribution in [0.25, 0.3) is 0 Å². The predicted molar refractivity (Wildman–Crippen MR) is 169 cm³/mol. The molecule has 3 N–H and O–H groups in total. The van der Waals surface area contributed by atoms with E-state index in [0.29, 0.717) is 5.57 Å². The number of carbonyl (C=O) groups excluding carboxylic acids is 4. The van der Waals surface area contributed by atoms with Crippen molar-refractivity contribution in [3.05, 3.63) is 89.3 Å². The number of phenols is 2. The lowest BCUT2D eigenvalue weighted by atomic mass is 9.56. The number of rotatable bonds is 5. The Morgan fingerprint density at radius 2 is 1.56 bits per heavy atom. The molecule has 246 valence electrons. The fraction of sp³-hybridized carbons (Fsp3) is 0.265. The van der Waals surface area contributed by atoms with Gasteiger partial charge >= 0.3 is 5.97 Å². The number of allylic oxidation sites excluding steroid dienone is 2. The molecule has 4 amide bonds. The number of methoxy groups -OCH3 is 1. The molecule has 0 aromatic heterocycles. The van der Waals surface area contributed by atoms with Gasteiger partial charge in [0.15, 0.2) is 21.2 Å². The number of ether oxygens (including phenoxy) is 1. The molecule has 2 aliphatic carbocycles. The standard InChI is InChI=1S/C34H25Cl2FN2O9/c1-48-25-11-2-15(12-24(25)41)27-19-9-10-21-26(29(43)38(28(21)42)18-7-8-20(30(44)45)23(40)13-18)22(19)14-33(35)31(46)39(32(47)34(27,33)36)17-5-3-16(37)4-6-17/h2-9,11-13,21-22,26-27,40-41H,10,14H2,1H3,(H,44,45). The quantitative estimate of drug-likeness (QED) is 0.195. The zero-order valence-corrected chi connectivity index (χ0v) is 26.4. The van der Waals surface area contributed by atoms with Gasteiger partial charge in [-0.15, -0.1) is 23.2 Å². The molecule has 3 aromatic rings. The van der Waals surface area contributed by atoms with Crippen LogP contribution in [0.1, 0.15) is 34.7 Å². The molecule has 4 aliphatic rings. The number of imide groups is 2. The van der Waals surface area contributed by atoms with Crippen molar-refractivity contribution in [2.24, 2.45) is 17.8 Å². The van der Waals surface area contributed by atoms with Gasteiger partial charge in [0.05, 0.1) is 30.3 Å². The van der Waals surface area contributed by atoms with Crippen LogP contribution >= 0.6 is 23.2 Å². The van der Waals surface area contributed by atoms with Crippen molar-refractivity contribution in [2.75, 3.05) is 16.9 Å². The number of hydrogen-bond acceptors (Lipinski definition) is 8. The van der Waals surface area contributed by atoms with E-state index in [1.165, 1.54) is 37.4 Å². The van der Waals surface area contributed by atoms with E-state index in [0.717, 1.165) is 34.1 Å². The third-order valence-corrected chi connectivity index (χ3v) is 11.3. The largest absolute Gasteiger partial charge is 0.507 e. The summed E-state index contributed by atoms with van der Waals surface area (Å²) in [5, 5.41) is 30.4. The number of carboxylic acids is 1. The fourth-order valence-corrected chi connectivity index (χ4v) is 8.69. The SMILES string of the molecule is COc1ccc(C2C3=CCC4C(=O)N(c5ccc(C(=O)O)c(O)c5)C(=O)C4C3CC3(Cl)C(=O)N(c4ccc(F)cc4)C(=O)C23Cl)cc1O. The summed E-state index contributed by atoms with van der Waals surface area (Å²) in [7, 11) is 1.35. The second-order valence-electron chi connectivity index (χ2n) is 12.2. The van der Waals surface area contributed by atoms with Gasteiger partial charge in [-0.05, 0) is 72.9 Å². The minimum atomic E-state index is -2.19. The number of nitrogens with zero attached hydrogens (tertiary/aromatic N) is 2. The monoisotopic (exact) mass is 694 g/mol. The van der Waals surface area contributed by atoms with Crippen LogP contribution in [0.2, 0.25) is 0 Å². The van der Waals surface area contributed by atoms with Gasteiger partial charge in [0.25, 0.3) is 11.8 Å². The molecular weight excluding hydrogens is 670 g/mol. The maximum absolute atomic E-state index is 14.4. The Hall–Kier alpha value is -4.94. The van der Waals surface area contributed by atoms with Crippen molar-refractivity contribution >= 4 is 64.2 Å². The van der Waals surface area contributed by atoms with Crippen molar-refractivity contribution in [2.45, 2.75) is 28.5 Å². The molecule has 0 bridgehead atoms. The van der Waals surface area contributed by atoms with E-state index in [1.807, 2.05) is 0 Å². The third-order valence-electron chi connectivity index (χ3n) is 9.90. The lowest BCUT2D eigenvalue weighted by molar-refractivity contribution is -0.125. The average molecular weight is 695 g/mol. The topological polar surface area (TPSA) is 162 Å². The van der Waals surface area contributed by atoms with Gasteiger partial charge in [0.2, 0.25) is 11.8 Å². The molecule has 2 saturated heterocycles. The Morgan fingerprint density at radius 3 is 2.19 bits per heavy atom. The number of aromatic carboxylic acids is 1. The molecule has 3 fully saturated rings. The summed E-state index contributed by atoms with van der Waals surface area (Å²) < 4.78 is 19.0. The Balaban J connectivity index is 1.38. The molecule has 3 aromatic carbocycles. The van der Waals surface area contributed by atoms with E-state index < -0.39 is 80.1 Å². The average Bonchev–Trinajstić information content (AvgIpc) is 3.39. The van der Waals surface area contributed by atoms with Crippen LogP contribution in [-0.2, 0) is 19.2 Å². The molecule has 2 aliphatic heterocycles. The van der Waals surface area contributed by atoms with E-state index >= 15 is 0 Å². The second kappa shape index (κ2) is 10.8. The highest BCUT2D eigenvalue weighted by Gasteiger charge is 2.76. The van der Waals surface area contributed by atoms with Crippen LogP contribution in [0.15, 0.2) is 72.3 Å². The molecule has 0 spiro atoms. The summed E-state index contributed by atoms with van der Waals surface area (Å²) in [5.41, 5.74) is 0.302. The van der Waals surface area contributed by atoms with Crippen LogP contribution in [-0.4, -0.2) is 61.8 Å². The minimum Gasteiger partial charge on any atom is -0.507 e. The van der Waals surface area contributed by atoms with Crippen LogP contribution in [0, 0.1) is 23.6 Å². The number of hydrogen-bond donors (Lipinski definition) is 3. The summed E-state index contributed by atoms with van der Waals surface area (Å²) in [6.45, 7) is 0. The summed E-state index contributed by atoms with van der Waals surface area (Å²) in [5.74, 6) is -9.97. The summed E-state index contributed by atoms with van der Waals surface area (Å²) >= 11 is 14.6. The zero-order chi connectivity index (χ0) is 34.4. The number of halogens is 3. The fourth-order valence-electron chi connectivity index (χ4n) is 7.75. The maximum atomic E-state index is 14.4. The van der Waals surface area contributed by atoms with Crippen molar-refractivity contribution < 1.29 is 48.4 Å². The highest BCUT2D eigenvalue weighted by molar-refractivity contribution is 6.58. The van der Waals surface area contributed by atoms with Gasteiger partial charge < -0.3 is 20.1 Å². The summed E-state index contributed by atoms with van der Waals surface area (Å²) in [4.78, 5) is 65.4. The van der Waals surface area contributed by atoms with E-state index in [9.17, 15) is 43.7 Å². The van der Waals surface area contributed by atoms with Crippen LogP contribution in [0.3, 0.4) is 0 Å². The second-order valence-corrected chi connectivity index (χ2v) is 13.4. The number of benzene rings is 3. The van der Waals surface area contributed by atoms with Crippen LogP contribution in [0.4, 0.5) is 15.8 Å². The Labute approximate surface area is 281 Å². The number of phenolic OH excluding ortho intramolecular Hbond substituents is 1. The lowest BCUT2D eigenvalue weighted by Gasteiger charge is -2.50. The van der Waals surface area contributed by atoms with Gasteiger partial charge in [-0.2, -0.15) is 0 Å². The lowest BCUT2D eigenvalue weighted by Crippen LogP contribution is -2.60. The molecule has 6 unspecified atom stereocenters. The van der Waals surface area contributed by atoms with Crippen molar-refractivity contribution in [1.82, 2.24) is 0 Å². The first-order chi connectivity index (χ1) is 22.7. The first-order valence-electron chi connectivity index (χ1n) is 14.8. The molecule has 2 heterocycles. The number of anilines is 2. The van der Waals surface area contributed by atoms with E-state index in [1.54, 1.807) is 12.1 Å². The van der Waals surface area contributed by atoms with E-state index in [-0.39, 0.29) is 41.3 Å². The Kier molecular flexibility index (Phi) is 7.12. The van der Waals surface area contributed by atoms with Gasteiger partial charge in [-0.3, -0.25) is 19.2 Å². The molecule has 0 radical (unpaired) electrons. The molecule has 1 saturated carbocycles. The highest BCUT2D eigenvalue weighted by Crippen LogP contribution is 2.66. The zero-order valence-electron chi connectivity index (χ0n) is 24.9. The number of aromatic hydroxyl groups is 2. The molecule has 6 atom stereocenters. The van der Waals surface area contributed by atoms with Gasteiger partial charge in [0.1, 0.15) is 17.1 Å². The first kappa shape index (κ1) is 31.6. The van der Waals surface area contributed by atoms with Crippen LogP contribution in [0.5, 0.6) is 17.2 Å². The van der Waals surface area contributed by atoms with E-state index in [4.69, 9.17) is 27.9 Å². The normalized spacial score (nSPS) is 29.4. The molecular formula is C34H25Cl2FN2O9. The minimum absolute atomic E-state index is 0.0231. The molecule has 14 heteroatoms. The number of carboxylic acid groups (broad SMARTS) is 1. The Morgan fingerprint density at radius 1 is 0.875 bits per heavy atom. The molecule has 7 rings (SSSR count). The van der Waals surface area contributed by atoms with Crippen molar-refractivity contribution in [3.63, 3.8) is 0 Å². The Bertz CT molecular complexity index is 2000. The third kappa shape index (κ3) is 4.15. The van der Waals surface area contributed by atoms with Gasteiger partial charge in [0, 0.05) is 12.0 Å². The van der Waals surface area contributed by atoms with Crippen molar-refractivity contribution in [3.8, 4) is 17.2 Å². The predicted octanol–water partition coefficient (Wildman–Crippen LogP) is 4.71. The smallest absolute Gasteiger partial charge is 0.339 e. The van der Waals surface area contributed by atoms with Crippen molar-refractivity contribution in [1.29, 1.82) is 0 Å². The number of alkyl halides is 2.